The summed E-state index contributed by atoms with van der Waals surface area (Å²) in [7, 11) is 0. The smallest absolute Gasteiger partial charge is 0.252 e. The molecular formula is C12H14N4O2. The molecule has 0 radical (unpaired) electrons. The lowest BCUT2D eigenvalue weighted by Crippen LogP contribution is -2.16. The molecule has 1 amide bonds. The number of ether oxygens (including phenoxy) is 1. The molecular weight excluding hydrogens is 232 g/mol. The van der Waals surface area contributed by atoms with Crippen LogP contribution >= 0.6 is 0 Å². The molecule has 2 aromatic rings. The number of carbonyl (C=O) groups is 1. The van der Waals surface area contributed by atoms with Crippen molar-refractivity contribution in [3.8, 4) is 5.75 Å². The van der Waals surface area contributed by atoms with E-state index in [-0.39, 0.29) is 5.56 Å². The number of nitrogens with two attached hydrogens (primary N) is 2. The standard InChI is InChI=1S/C12H14N4O2/c13-10-4-1-3-9(12(14)17)11(10)18-8-7-16-6-2-5-15-16/h1-6H,7-8,13H2,(H2,14,17). The number of nitrogens with zero attached hydrogens (tertiary/aromatic N) is 2. The summed E-state index contributed by atoms with van der Waals surface area (Å²) in [5.74, 6) is -0.228. The Morgan fingerprint density at radius 2 is 2.22 bits per heavy atom. The van der Waals surface area contributed by atoms with Crippen LogP contribution in [0.15, 0.2) is 36.7 Å². The molecule has 0 aliphatic carbocycles. The molecule has 0 atom stereocenters. The second kappa shape index (κ2) is 5.22. The lowest BCUT2D eigenvalue weighted by atomic mass is 10.1. The minimum Gasteiger partial charge on any atom is -0.489 e. The fraction of sp³-hybridized carbons (Fsp3) is 0.167. The van der Waals surface area contributed by atoms with Crippen LogP contribution in [0.5, 0.6) is 5.75 Å². The molecule has 6 heteroatoms. The Hall–Kier alpha value is -2.50. The highest BCUT2D eigenvalue weighted by molar-refractivity contribution is 5.97. The Labute approximate surface area is 104 Å². The van der Waals surface area contributed by atoms with Crippen LogP contribution in [0.3, 0.4) is 0 Å². The molecule has 2 rings (SSSR count). The minimum absolute atomic E-state index is 0.287. The van der Waals surface area contributed by atoms with Crippen molar-refractivity contribution < 1.29 is 9.53 Å². The van der Waals surface area contributed by atoms with Gasteiger partial charge in [0, 0.05) is 12.4 Å². The van der Waals surface area contributed by atoms with Gasteiger partial charge in [0.15, 0.2) is 5.75 Å². The van der Waals surface area contributed by atoms with Crippen molar-refractivity contribution >= 4 is 11.6 Å². The molecule has 94 valence electrons. The largest absolute Gasteiger partial charge is 0.489 e. The number of amides is 1. The summed E-state index contributed by atoms with van der Waals surface area (Å²) < 4.78 is 7.24. The SMILES string of the molecule is NC(=O)c1cccc(N)c1OCCn1cccn1. The van der Waals surface area contributed by atoms with E-state index in [1.807, 2.05) is 12.3 Å². The average Bonchev–Trinajstić information content (AvgIpc) is 2.84. The van der Waals surface area contributed by atoms with Crippen LogP contribution in [0.1, 0.15) is 10.4 Å². The first-order valence-corrected chi connectivity index (χ1v) is 5.47. The molecule has 18 heavy (non-hydrogen) atoms. The van der Waals surface area contributed by atoms with Crippen LogP contribution in [0.25, 0.3) is 0 Å². The number of aromatic nitrogens is 2. The van der Waals surface area contributed by atoms with E-state index >= 15 is 0 Å². The maximum Gasteiger partial charge on any atom is 0.252 e. The lowest BCUT2D eigenvalue weighted by Gasteiger charge is -2.11. The van der Waals surface area contributed by atoms with Crippen LogP contribution < -0.4 is 16.2 Å². The van der Waals surface area contributed by atoms with Crippen molar-refractivity contribution in [2.24, 2.45) is 5.73 Å². The Morgan fingerprint density at radius 1 is 1.39 bits per heavy atom. The summed E-state index contributed by atoms with van der Waals surface area (Å²) in [5.41, 5.74) is 11.7. The molecule has 6 nitrogen and oxygen atoms in total. The number of benzene rings is 1. The number of nitrogen functional groups attached to an aromatic ring is 1. The van der Waals surface area contributed by atoms with Crippen LogP contribution in [0.2, 0.25) is 0 Å². The summed E-state index contributed by atoms with van der Waals surface area (Å²) in [6.45, 7) is 0.926. The van der Waals surface area contributed by atoms with E-state index in [9.17, 15) is 4.79 Å². The first-order valence-electron chi connectivity index (χ1n) is 5.47. The monoisotopic (exact) mass is 246 g/mol. The quantitative estimate of drug-likeness (QED) is 0.757. The first kappa shape index (κ1) is 12.0. The Bertz CT molecular complexity index is 537. The molecule has 1 heterocycles. The Kier molecular flexibility index (Phi) is 3.47. The van der Waals surface area contributed by atoms with E-state index in [1.165, 1.54) is 0 Å². The van der Waals surface area contributed by atoms with Crippen molar-refractivity contribution in [2.75, 3.05) is 12.3 Å². The second-order valence-electron chi connectivity index (χ2n) is 3.71. The molecule has 0 saturated carbocycles. The summed E-state index contributed by atoms with van der Waals surface area (Å²) >= 11 is 0. The molecule has 0 aliphatic rings. The maximum absolute atomic E-state index is 11.2. The van der Waals surface area contributed by atoms with Gasteiger partial charge in [0.25, 0.3) is 5.91 Å². The zero-order valence-electron chi connectivity index (χ0n) is 9.74. The predicted octanol–water partition coefficient (Wildman–Crippen LogP) is 0.643. The predicted molar refractivity (Wildman–Crippen MR) is 67.1 cm³/mol. The third-order valence-electron chi connectivity index (χ3n) is 2.44. The minimum atomic E-state index is -0.559. The summed E-state index contributed by atoms with van der Waals surface area (Å²) in [6, 6.07) is 6.74. The lowest BCUT2D eigenvalue weighted by molar-refractivity contribution is 0.0996. The maximum atomic E-state index is 11.2. The van der Waals surface area contributed by atoms with Gasteiger partial charge in [-0.2, -0.15) is 5.10 Å². The van der Waals surface area contributed by atoms with Crippen molar-refractivity contribution in [3.63, 3.8) is 0 Å². The average molecular weight is 246 g/mol. The van der Waals surface area contributed by atoms with Gasteiger partial charge in [0.2, 0.25) is 0 Å². The molecule has 0 saturated heterocycles. The highest BCUT2D eigenvalue weighted by Crippen LogP contribution is 2.25. The zero-order valence-corrected chi connectivity index (χ0v) is 9.74. The third kappa shape index (κ3) is 2.60. The van der Waals surface area contributed by atoms with E-state index in [0.717, 1.165) is 0 Å². The molecule has 0 spiro atoms. The van der Waals surface area contributed by atoms with Gasteiger partial charge in [0.1, 0.15) is 6.61 Å². The molecule has 0 fully saturated rings. The number of primary amides is 1. The Balaban J connectivity index is 2.06. The topological polar surface area (TPSA) is 96.2 Å². The summed E-state index contributed by atoms with van der Waals surface area (Å²) in [6.07, 6.45) is 3.51. The molecule has 1 aromatic carbocycles. The summed E-state index contributed by atoms with van der Waals surface area (Å²) in [5, 5.41) is 4.04. The first-order chi connectivity index (χ1) is 8.68. The van der Waals surface area contributed by atoms with Crippen molar-refractivity contribution in [2.45, 2.75) is 6.54 Å². The fourth-order valence-electron chi connectivity index (χ4n) is 1.58. The number of carbonyl (C=O) groups excluding carboxylic acids is 1. The molecule has 0 aliphatic heterocycles. The van der Waals surface area contributed by atoms with E-state index < -0.39 is 5.91 Å². The Morgan fingerprint density at radius 3 is 2.89 bits per heavy atom. The second-order valence-corrected chi connectivity index (χ2v) is 3.71. The van der Waals surface area contributed by atoms with Gasteiger partial charge in [0.05, 0.1) is 17.8 Å². The van der Waals surface area contributed by atoms with E-state index in [4.69, 9.17) is 16.2 Å². The number of rotatable bonds is 5. The number of hydrogen-bond acceptors (Lipinski definition) is 4. The van der Waals surface area contributed by atoms with E-state index in [0.29, 0.717) is 24.6 Å². The van der Waals surface area contributed by atoms with Crippen LogP contribution in [0, 0.1) is 0 Å². The molecule has 4 N–H and O–H groups in total. The summed E-state index contributed by atoms with van der Waals surface area (Å²) in [4.78, 5) is 11.2. The van der Waals surface area contributed by atoms with Crippen LogP contribution in [-0.2, 0) is 6.54 Å². The van der Waals surface area contributed by atoms with E-state index in [1.54, 1.807) is 29.1 Å². The van der Waals surface area contributed by atoms with Crippen LogP contribution in [-0.4, -0.2) is 22.3 Å². The molecule has 0 bridgehead atoms. The molecule has 0 unspecified atom stereocenters. The number of para-hydroxylation sites is 1. The van der Waals surface area contributed by atoms with Gasteiger partial charge in [-0.25, -0.2) is 0 Å². The fourth-order valence-corrected chi connectivity index (χ4v) is 1.58. The number of anilines is 1. The van der Waals surface area contributed by atoms with Crippen LogP contribution in [0.4, 0.5) is 5.69 Å². The normalized spacial score (nSPS) is 10.2. The zero-order chi connectivity index (χ0) is 13.0. The van der Waals surface area contributed by atoms with Gasteiger partial charge in [-0.1, -0.05) is 6.07 Å². The van der Waals surface area contributed by atoms with Crippen molar-refractivity contribution in [3.05, 3.63) is 42.2 Å². The van der Waals surface area contributed by atoms with Gasteiger partial charge < -0.3 is 16.2 Å². The van der Waals surface area contributed by atoms with Crippen molar-refractivity contribution in [1.82, 2.24) is 9.78 Å². The van der Waals surface area contributed by atoms with E-state index in [2.05, 4.69) is 5.10 Å². The van der Waals surface area contributed by atoms with Gasteiger partial charge in [-0.15, -0.1) is 0 Å². The van der Waals surface area contributed by atoms with Gasteiger partial charge in [-0.05, 0) is 18.2 Å². The third-order valence-corrected chi connectivity index (χ3v) is 2.44. The number of hydrogen-bond donors (Lipinski definition) is 2. The highest BCUT2D eigenvalue weighted by atomic mass is 16.5. The van der Waals surface area contributed by atoms with Gasteiger partial charge >= 0.3 is 0 Å². The molecule has 1 aromatic heterocycles. The highest BCUT2D eigenvalue weighted by Gasteiger charge is 2.12. The van der Waals surface area contributed by atoms with Gasteiger partial charge in [-0.3, -0.25) is 9.48 Å². The van der Waals surface area contributed by atoms with Crippen molar-refractivity contribution in [1.29, 1.82) is 0 Å².